The summed E-state index contributed by atoms with van der Waals surface area (Å²) in [5.41, 5.74) is 0. The van der Waals surface area contributed by atoms with E-state index in [-0.39, 0.29) is 0 Å². The zero-order valence-electron chi connectivity index (χ0n) is 10.3. The van der Waals surface area contributed by atoms with Crippen molar-refractivity contribution in [1.29, 1.82) is 0 Å². The third-order valence-electron chi connectivity index (χ3n) is 2.75. The summed E-state index contributed by atoms with van der Waals surface area (Å²) in [6.07, 6.45) is -4.74. The van der Waals surface area contributed by atoms with Crippen LogP contribution in [0.15, 0.2) is 0 Å². The minimum atomic E-state index is -4.74. The van der Waals surface area contributed by atoms with Gasteiger partial charge in [-0.15, -0.1) is 0 Å². The molecule has 1 saturated heterocycles. The number of hydrogen-bond acceptors (Lipinski definition) is 3. The lowest BCUT2D eigenvalue weighted by Gasteiger charge is -2.19. The molecule has 1 heterocycles. The third-order valence-corrected chi connectivity index (χ3v) is 4.50. The minimum absolute atomic E-state index is 0.488. The summed E-state index contributed by atoms with van der Waals surface area (Å²) >= 11 is 0. The van der Waals surface area contributed by atoms with Crippen molar-refractivity contribution in [2.75, 3.05) is 13.1 Å². The van der Waals surface area contributed by atoms with Crippen molar-refractivity contribution in [2.24, 2.45) is 11.8 Å². The number of alkyl halides is 3. The van der Waals surface area contributed by atoms with Crippen molar-refractivity contribution in [3.8, 4) is 0 Å². The molecule has 0 spiro atoms. The minimum Gasteiger partial charge on any atom is -0.481 e. The van der Waals surface area contributed by atoms with E-state index in [0.717, 1.165) is 0 Å². The molecule has 2 atom stereocenters. The summed E-state index contributed by atoms with van der Waals surface area (Å²) in [4.78, 5) is 10.8. The van der Waals surface area contributed by atoms with Gasteiger partial charge in [-0.25, -0.2) is 0 Å². The van der Waals surface area contributed by atoms with Gasteiger partial charge in [-0.1, -0.05) is 0 Å². The van der Waals surface area contributed by atoms with Gasteiger partial charge in [0.2, 0.25) is 0 Å². The maximum Gasteiger partial charge on any atom is 0.393 e. The van der Waals surface area contributed by atoms with E-state index in [9.17, 15) is 26.4 Å². The molecule has 0 radical (unpaired) electrons. The predicted octanol–water partition coefficient (Wildman–Crippen LogP) is 0.424. The van der Waals surface area contributed by atoms with E-state index >= 15 is 0 Å². The molecule has 6 nitrogen and oxygen atoms in total. The van der Waals surface area contributed by atoms with Gasteiger partial charge in [0, 0.05) is 19.1 Å². The highest BCUT2D eigenvalue weighted by Crippen LogP contribution is 2.38. The first-order valence-electron chi connectivity index (χ1n) is 5.52. The SMILES string of the molecule is CC(C)NS(=O)(=O)N1C[C@@H](C(F)(F)F)[C@H](C(=O)O)C1. The van der Waals surface area contributed by atoms with E-state index in [4.69, 9.17) is 5.11 Å². The molecular formula is C9H15F3N2O4S. The Morgan fingerprint density at radius 1 is 1.37 bits per heavy atom. The van der Waals surface area contributed by atoms with Crippen LogP contribution >= 0.6 is 0 Å². The zero-order valence-corrected chi connectivity index (χ0v) is 11.1. The molecule has 0 aliphatic carbocycles. The topological polar surface area (TPSA) is 86.7 Å². The smallest absolute Gasteiger partial charge is 0.393 e. The molecule has 1 fully saturated rings. The van der Waals surface area contributed by atoms with Crippen LogP contribution in [0.4, 0.5) is 13.2 Å². The Balaban J connectivity index is 2.96. The van der Waals surface area contributed by atoms with Crippen molar-refractivity contribution in [3.63, 3.8) is 0 Å². The first kappa shape index (κ1) is 16.2. The van der Waals surface area contributed by atoms with Crippen LogP contribution in [0.1, 0.15) is 13.8 Å². The number of halogens is 3. The molecule has 0 aromatic rings. The Kier molecular flexibility index (Phi) is 4.47. The molecule has 10 heteroatoms. The molecule has 0 unspecified atom stereocenters. The standard InChI is InChI=1S/C9H15F3N2O4S/c1-5(2)13-19(17,18)14-3-6(8(15)16)7(4-14)9(10,11)12/h5-7,13H,3-4H2,1-2H3,(H,15,16)/t6-,7-/m1/s1. The maximum atomic E-state index is 12.7. The van der Waals surface area contributed by atoms with Gasteiger partial charge >= 0.3 is 12.1 Å². The summed E-state index contributed by atoms with van der Waals surface area (Å²) in [6, 6.07) is -0.488. The van der Waals surface area contributed by atoms with Crippen molar-refractivity contribution >= 4 is 16.2 Å². The summed E-state index contributed by atoms with van der Waals surface area (Å²) < 4.78 is 64.2. The Bertz CT molecular complexity index is 449. The van der Waals surface area contributed by atoms with Crippen molar-refractivity contribution in [1.82, 2.24) is 9.03 Å². The number of nitrogens with one attached hydrogen (secondary N) is 1. The quantitative estimate of drug-likeness (QED) is 0.788. The molecule has 1 aliphatic heterocycles. The largest absolute Gasteiger partial charge is 0.481 e. The summed E-state index contributed by atoms with van der Waals surface area (Å²) in [6.45, 7) is 1.48. The fourth-order valence-corrected chi connectivity index (χ4v) is 3.38. The van der Waals surface area contributed by atoms with E-state index in [1.54, 1.807) is 0 Å². The van der Waals surface area contributed by atoms with Gasteiger partial charge in [0.15, 0.2) is 0 Å². The number of hydrogen-bond donors (Lipinski definition) is 2. The van der Waals surface area contributed by atoms with Crippen LogP contribution in [-0.2, 0) is 15.0 Å². The van der Waals surface area contributed by atoms with Gasteiger partial charge in [0.25, 0.3) is 10.2 Å². The van der Waals surface area contributed by atoms with Crippen LogP contribution < -0.4 is 4.72 Å². The number of carboxylic acid groups (broad SMARTS) is 1. The molecule has 1 aliphatic rings. The molecule has 0 aromatic heterocycles. The molecule has 0 saturated carbocycles. The fraction of sp³-hybridized carbons (Fsp3) is 0.889. The molecule has 112 valence electrons. The van der Waals surface area contributed by atoms with Gasteiger partial charge < -0.3 is 5.11 Å². The lowest BCUT2D eigenvalue weighted by Crippen LogP contribution is -2.43. The summed E-state index contributed by atoms with van der Waals surface area (Å²) in [5.74, 6) is -5.61. The second-order valence-electron chi connectivity index (χ2n) is 4.69. The Hall–Kier alpha value is -0.870. The average molecular weight is 304 g/mol. The van der Waals surface area contributed by atoms with Crippen LogP contribution in [0.25, 0.3) is 0 Å². The molecule has 0 amide bonds. The highest BCUT2D eigenvalue weighted by atomic mass is 32.2. The monoisotopic (exact) mass is 304 g/mol. The number of carbonyl (C=O) groups is 1. The van der Waals surface area contributed by atoms with Gasteiger partial charge in [0.05, 0.1) is 11.8 Å². The van der Waals surface area contributed by atoms with E-state index in [2.05, 4.69) is 4.72 Å². The van der Waals surface area contributed by atoms with Crippen LogP contribution in [0.2, 0.25) is 0 Å². The Labute approximate surface area is 108 Å². The van der Waals surface area contributed by atoms with E-state index < -0.39 is 53.3 Å². The van der Waals surface area contributed by atoms with Crippen LogP contribution in [0.5, 0.6) is 0 Å². The van der Waals surface area contributed by atoms with Gasteiger partial charge in [0.1, 0.15) is 0 Å². The summed E-state index contributed by atoms with van der Waals surface area (Å²) in [5, 5.41) is 8.77. The van der Waals surface area contributed by atoms with Crippen molar-refractivity contribution in [3.05, 3.63) is 0 Å². The van der Waals surface area contributed by atoms with E-state index in [1.165, 1.54) is 13.8 Å². The number of rotatable bonds is 4. The van der Waals surface area contributed by atoms with E-state index in [1.807, 2.05) is 0 Å². The lowest BCUT2D eigenvalue weighted by atomic mass is 9.96. The van der Waals surface area contributed by atoms with Crippen LogP contribution in [0, 0.1) is 11.8 Å². The average Bonchev–Trinajstić information content (AvgIpc) is 2.58. The molecule has 1 rings (SSSR count). The highest BCUT2D eigenvalue weighted by molar-refractivity contribution is 7.87. The van der Waals surface area contributed by atoms with Crippen molar-refractivity contribution in [2.45, 2.75) is 26.1 Å². The van der Waals surface area contributed by atoms with Crippen LogP contribution in [-0.4, -0.2) is 49.1 Å². The number of carboxylic acids is 1. The molecule has 19 heavy (non-hydrogen) atoms. The van der Waals surface area contributed by atoms with Gasteiger partial charge in [-0.3, -0.25) is 4.79 Å². The molecule has 0 bridgehead atoms. The fourth-order valence-electron chi connectivity index (χ4n) is 1.92. The van der Waals surface area contributed by atoms with Gasteiger partial charge in [-0.05, 0) is 13.8 Å². The predicted molar refractivity (Wildman–Crippen MR) is 59.4 cm³/mol. The first-order chi connectivity index (χ1) is 8.45. The number of aliphatic carboxylic acids is 1. The number of nitrogens with zero attached hydrogens (tertiary/aromatic N) is 1. The first-order valence-corrected chi connectivity index (χ1v) is 6.96. The second kappa shape index (κ2) is 5.25. The highest BCUT2D eigenvalue weighted by Gasteiger charge is 2.54. The zero-order chi connectivity index (χ0) is 15.0. The lowest BCUT2D eigenvalue weighted by molar-refractivity contribution is -0.187. The maximum absolute atomic E-state index is 12.7. The van der Waals surface area contributed by atoms with Crippen molar-refractivity contribution < 1.29 is 31.5 Å². The molecular weight excluding hydrogens is 289 g/mol. The van der Waals surface area contributed by atoms with E-state index in [0.29, 0.717) is 4.31 Å². The summed E-state index contributed by atoms with van der Waals surface area (Å²) in [7, 11) is -4.10. The molecule has 0 aromatic carbocycles. The normalized spacial score (nSPS) is 26.0. The second-order valence-corrected chi connectivity index (χ2v) is 6.39. The van der Waals surface area contributed by atoms with Gasteiger partial charge in [-0.2, -0.15) is 30.6 Å². The Morgan fingerprint density at radius 2 is 1.89 bits per heavy atom. The molecule has 2 N–H and O–H groups in total. The van der Waals surface area contributed by atoms with Crippen LogP contribution in [0.3, 0.4) is 0 Å². The third kappa shape index (κ3) is 3.80. The Morgan fingerprint density at radius 3 is 2.21 bits per heavy atom.